The topological polar surface area (TPSA) is 29.5 Å². The van der Waals surface area contributed by atoms with Gasteiger partial charge in [0.25, 0.3) is 0 Å². The van der Waals surface area contributed by atoms with Gasteiger partial charge in [-0.15, -0.1) is 0 Å². The number of aliphatic hydroxyl groups is 1. The lowest BCUT2D eigenvalue weighted by atomic mass is 10.2. The second-order valence-electron chi connectivity index (χ2n) is 4.37. The van der Waals surface area contributed by atoms with Crippen molar-refractivity contribution >= 4 is 0 Å². The Kier molecular flexibility index (Phi) is 6.20. The van der Waals surface area contributed by atoms with E-state index in [1.54, 1.807) is 0 Å². The van der Waals surface area contributed by atoms with Gasteiger partial charge < -0.3 is 9.84 Å². The van der Waals surface area contributed by atoms with Crippen LogP contribution in [0.15, 0.2) is 0 Å². The number of hydrogen-bond acceptors (Lipinski definition) is 2. The molecule has 1 aliphatic carbocycles. The Morgan fingerprint density at radius 2 is 1.93 bits per heavy atom. The highest BCUT2D eigenvalue weighted by atomic mass is 16.5. The molecule has 2 atom stereocenters. The summed E-state index contributed by atoms with van der Waals surface area (Å²) < 4.78 is 5.69. The monoisotopic (exact) mass is 200 g/mol. The molecule has 1 fully saturated rings. The summed E-state index contributed by atoms with van der Waals surface area (Å²) >= 11 is 0. The summed E-state index contributed by atoms with van der Waals surface area (Å²) in [6, 6.07) is 0. The van der Waals surface area contributed by atoms with Crippen molar-refractivity contribution in [2.45, 2.75) is 70.5 Å². The number of unbranched alkanes of at least 4 members (excludes halogenated alkanes) is 4. The average Bonchev–Trinajstić information content (AvgIpc) is 2.58. The fourth-order valence-corrected chi connectivity index (χ4v) is 2.02. The third-order valence-electron chi connectivity index (χ3n) is 2.96. The summed E-state index contributed by atoms with van der Waals surface area (Å²) in [5.74, 6) is 0. The van der Waals surface area contributed by atoms with Crippen LogP contribution in [-0.4, -0.2) is 23.9 Å². The van der Waals surface area contributed by atoms with Crippen LogP contribution in [-0.2, 0) is 4.74 Å². The zero-order valence-electron chi connectivity index (χ0n) is 9.37. The molecule has 1 N–H and O–H groups in total. The second-order valence-corrected chi connectivity index (χ2v) is 4.37. The predicted molar refractivity (Wildman–Crippen MR) is 58.4 cm³/mol. The van der Waals surface area contributed by atoms with E-state index in [2.05, 4.69) is 6.92 Å². The zero-order valence-corrected chi connectivity index (χ0v) is 9.37. The first-order valence-corrected chi connectivity index (χ1v) is 6.12. The largest absolute Gasteiger partial charge is 0.393 e. The van der Waals surface area contributed by atoms with Gasteiger partial charge in [0.15, 0.2) is 0 Å². The van der Waals surface area contributed by atoms with Crippen molar-refractivity contribution in [3.63, 3.8) is 0 Å². The van der Waals surface area contributed by atoms with E-state index in [0.29, 0.717) is 6.10 Å². The van der Waals surface area contributed by atoms with E-state index in [9.17, 15) is 5.11 Å². The Morgan fingerprint density at radius 1 is 1.14 bits per heavy atom. The van der Waals surface area contributed by atoms with Crippen LogP contribution in [0.3, 0.4) is 0 Å². The fourth-order valence-electron chi connectivity index (χ4n) is 2.02. The van der Waals surface area contributed by atoms with Crippen LogP contribution >= 0.6 is 0 Å². The SMILES string of the molecule is CCCCCCCO[C@@H]1CCC(O)C1. The second kappa shape index (κ2) is 7.24. The highest BCUT2D eigenvalue weighted by Gasteiger charge is 2.22. The first-order valence-electron chi connectivity index (χ1n) is 6.12. The van der Waals surface area contributed by atoms with Crippen molar-refractivity contribution in [1.29, 1.82) is 0 Å². The Bertz CT molecular complexity index is 136. The first-order chi connectivity index (χ1) is 6.83. The van der Waals surface area contributed by atoms with Crippen LogP contribution in [0.2, 0.25) is 0 Å². The Morgan fingerprint density at radius 3 is 2.57 bits per heavy atom. The molecule has 0 aromatic rings. The molecule has 2 nitrogen and oxygen atoms in total. The normalized spacial score (nSPS) is 27.0. The van der Waals surface area contributed by atoms with Gasteiger partial charge in [0.1, 0.15) is 0 Å². The van der Waals surface area contributed by atoms with Crippen LogP contribution in [0.25, 0.3) is 0 Å². The van der Waals surface area contributed by atoms with Gasteiger partial charge in [-0.1, -0.05) is 32.6 Å². The highest BCUT2D eigenvalue weighted by molar-refractivity contribution is 4.74. The Hall–Kier alpha value is -0.0800. The summed E-state index contributed by atoms with van der Waals surface area (Å²) in [6.45, 7) is 3.12. The standard InChI is InChI=1S/C12H24O2/c1-2-3-4-5-6-9-14-12-8-7-11(13)10-12/h11-13H,2-10H2,1H3/t11?,12-/m1/s1. The van der Waals surface area contributed by atoms with E-state index in [-0.39, 0.29) is 6.10 Å². The predicted octanol–water partition coefficient (Wildman–Crippen LogP) is 2.89. The van der Waals surface area contributed by atoms with Gasteiger partial charge in [-0.3, -0.25) is 0 Å². The van der Waals surface area contributed by atoms with Gasteiger partial charge in [-0.05, 0) is 25.7 Å². The van der Waals surface area contributed by atoms with Gasteiger partial charge in [-0.25, -0.2) is 0 Å². The summed E-state index contributed by atoms with van der Waals surface area (Å²) in [4.78, 5) is 0. The molecule has 84 valence electrons. The number of hydrogen-bond donors (Lipinski definition) is 1. The van der Waals surface area contributed by atoms with Gasteiger partial charge in [0.2, 0.25) is 0 Å². The molecule has 2 heteroatoms. The zero-order chi connectivity index (χ0) is 10.2. The molecule has 1 rings (SSSR count). The van der Waals surface area contributed by atoms with Crippen molar-refractivity contribution in [1.82, 2.24) is 0 Å². The van der Waals surface area contributed by atoms with Crippen LogP contribution in [0.5, 0.6) is 0 Å². The maximum atomic E-state index is 9.29. The van der Waals surface area contributed by atoms with Crippen LogP contribution in [0.1, 0.15) is 58.3 Å². The van der Waals surface area contributed by atoms with E-state index >= 15 is 0 Å². The minimum Gasteiger partial charge on any atom is -0.393 e. The molecule has 0 bridgehead atoms. The van der Waals surface area contributed by atoms with Gasteiger partial charge in [0.05, 0.1) is 12.2 Å². The average molecular weight is 200 g/mol. The van der Waals surface area contributed by atoms with Crippen molar-refractivity contribution < 1.29 is 9.84 Å². The van der Waals surface area contributed by atoms with Gasteiger partial charge >= 0.3 is 0 Å². The van der Waals surface area contributed by atoms with E-state index < -0.39 is 0 Å². The molecule has 1 saturated carbocycles. The summed E-state index contributed by atoms with van der Waals surface area (Å²) in [5, 5.41) is 9.29. The lowest BCUT2D eigenvalue weighted by Gasteiger charge is -2.10. The number of ether oxygens (including phenoxy) is 1. The Balaban J connectivity index is 1.84. The molecule has 1 unspecified atom stereocenters. The summed E-state index contributed by atoms with van der Waals surface area (Å²) in [7, 11) is 0. The molecule has 0 aliphatic heterocycles. The van der Waals surface area contributed by atoms with Crippen molar-refractivity contribution in [3.05, 3.63) is 0 Å². The molecule has 1 aliphatic rings. The lowest BCUT2D eigenvalue weighted by molar-refractivity contribution is 0.0450. The summed E-state index contributed by atoms with van der Waals surface area (Å²) in [5.41, 5.74) is 0. The third kappa shape index (κ3) is 4.97. The van der Waals surface area contributed by atoms with Crippen molar-refractivity contribution in [2.75, 3.05) is 6.61 Å². The minimum atomic E-state index is -0.0971. The molecule has 14 heavy (non-hydrogen) atoms. The van der Waals surface area contributed by atoms with Crippen molar-refractivity contribution in [3.8, 4) is 0 Å². The molecule has 0 spiro atoms. The number of rotatable bonds is 7. The molecular weight excluding hydrogens is 176 g/mol. The molecule has 0 amide bonds. The third-order valence-corrected chi connectivity index (χ3v) is 2.96. The lowest BCUT2D eigenvalue weighted by Crippen LogP contribution is -2.10. The van der Waals surface area contributed by atoms with Crippen LogP contribution < -0.4 is 0 Å². The fraction of sp³-hybridized carbons (Fsp3) is 1.00. The molecule has 0 heterocycles. The van der Waals surface area contributed by atoms with E-state index in [4.69, 9.17) is 4.74 Å². The van der Waals surface area contributed by atoms with Crippen molar-refractivity contribution in [2.24, 2.45) is 0 Å². The van der Waals surface area contributed by atoms with E-state index in [1.165, 1.54) is 32.1 Å². The number of aliphatic hydroxyl groups excluding tert-OH is 1. The first kappa shape index (κ1) is 12.0. The molecule has 0 aromatic carbocycles. The molecule has 0 radical (unpaired) electrons. The summed E-state index contributed by atoms with van der Waals surface area (Å²) in [6.07, 6.45) is 9.56. The smallest absolute Gasteiger partial charge is 0.0600 e. The van der Waals surface area contributed by atoms with Gasteiger partial charge in [-0.2, -0.15) is 0 Å². The molecule has 0 saturated heterocycles. The highest BCUT2D eigenvalue weighted by Crippen LogP contribution is 2.21. The Labute approximate surface area is 87.7 Å². The molecular formula is C12H24O2. The van der Waals surface area contributed by atoms with Crippen LogP contribution in [0.4, 0.5) is 0 Å². The van der Waals surface area contributed by atoms with E-state index in [0.717, 1.165) is 25.9 Å². The van der Waals surface area contributed by atoms with Crippen LogP contribution in [0, 0.1) is 0 Å². The quantitative estimate of drug-likeness (QED) is 0.640. The van der Waals surface area contributed by atoms with Gasteiger partial charge in [0, 0.05) is 6.61 Å². The maximum absolute atomic E-state index is 9.29. The van der Waals surface area contributed by atoms with E-state index in [1.807, 2.05) is 0 Å². The maximum Gasteiger partial charge on any atom is 0.0600 e. The minimum absolute atomic E-state index is 0.0971. The molecule has 0 aromatic heterocycles.